The number of hydrogen-bond acceptors (Lipinski definition) is 3. The van der Waals surface area contributed by atoms with Crippen LogP contribution in [0.15, 0.2) is 24.3 Å². The van der Waals surface area contributed by atoms with E-state index in [4.69, 9.17) is 11.5 Å². The van der Waals surface area contributed by atoms with Gasteiger partial charge in [-0.15, -0.1) is 6.58 Å². The molecule has 0 unspecified atom stereocenters. The zero-order chi connectivity index (χ0) is 11.6. The van der Waals surface area contributed by atoms with Gasteiger partial charge in [0.1, 0.15) is 5.75 Å². The third kappa shape index (κ3) is 2.50. The van der Waals surface area contributed by atoms with Crippen molar-refractivity contribution in [1.29, 1.82) is 0 Å². The first kappa shape index (κ1) is 11.6. The van der Waals surface area contributed by atoms with Gasteiger partial charge in [0, 0.05) is 11.6 Å². The maximum absolute atomic E-state index is 9.83. The summed E-state index contributed by atoms with van der Waals surface area (Å²) in [5.41, 5.74) is 14.7. The fourth-order valence-corrected chi connectivity index (χ4v) is 1.67. The van der Waals surface area contributed by atoms with Gasteiger partial charge in [-0.3, -0.25) is 0 Å². The average Bonchev–Trinajstić information content (AvgIpc) is 2.11. The van der Waals surface area contributed by atoms with Crippen molar-refractivity contribution in [1.82, 2.24) is 0 Å². The summed E-state index contributed by atoms with van der Waals surface area (Å²) in [6, 6.07) is 3.30. The predicted octanol–water partition coefficient (Wildman–Crippen LogP) is 2.25. The van der Waals surface area contributed by atoms with Crippen molar-refractivity contribution in [3.05, 3.63) is 35.4 Å². The molecule has 5 N–H and O–H groups in total. The van der Waals surface area contributed by atoms with E-state index in [2.05, 4.69) is 6.58 Å². The lowest BCUT2D eigenvalue weighted by atomic mass is 9.95. The highest BCUT2D eigenvalue weighted by Gasteiger charge is 2.15. The Morgan fingerprint density at radius 3 is 2.67 bits per heavy atom. The van der Waals surface area contributed by atoms with Gasteiger partial charge in [0.2, 0.25) is 0 Å². The maximum atomic E-state index is 9.83. The molecular formula is C12H18N2O. The molecule has 0 saturated carbocycles. The number of aryl methyl sites for hydroxylation is 1. The lowest BCUT2D eigenvalue weighted by Crippen LogP contribution is -2.13. The molecule has 0 spiro atoms. The van der Waals surface area contributed by atoms with Crippen LogP contribution < -0.4 is 11.5 Å². The zero-order valence-electron chi connectivity index (χ0n) is 9.25. The molecule has 1 aromatic rings. The molecule has 15 heavy (non-hydrogen) atoms. The lowest BCUT2D eigenvalue weighted by Gasteiger charge is -2.17. The monoisotopic (exact) mass is 206 g/mol. The van der Waals surface area contributed by atoms with E-state index < -0.39 is 0 Å². The van der Waals surface area contributed by atoms with E-state index in [1.807, 2.05) is 19.9 Å². The van der Waals surface area contributed by atoms with Crippen LogP contribution in [0.2, 0.25) is 0 Å². The van der Waals surface area contributed by atoms with Crippen molar-refractivity contribution in [2.45, 2.75) is 26.3 Å². The molecule has 3 heteroatoms. The normalized spacial score (nSPS) is 12.5. The first-order valence-electron chi connectivity index (χ1n) is 4.91. The number of nitrogen functional groups attached to an aromatic ring is 1. The van der Waals surface area contributed by atoms with Crippen LogP contribution in [0.4, 0.5) is 5.69 Å². The summed E-state index contributed by atoms with van der Waals surface area (Å²) >= 11 is 0. The Kier molecular flexibility index (Phi) is 3.37. The number of phenolic OH excluding ortho intramolecular Hbond substituents is 1. The number of nitrogens with two attached hydrogens (primary N) is 2. The SMILES string of the molecule is C=C(C)C[C@H](N)c1c(C)ccc(N)c1O. The van der Waals surface area contributed by atoms with Gasteiger partial charge in [-0.1, -0.05) is 11.6 Å². The van der Waals surface area contributed by atoms with Crippen LogP contribution in [0.25, 0.3) is 0 Å². The third-order valence-electron chi connectivity index (χ3n) is 2.41. The summed E-state index contributed by atoms with van der Waals surface area (Å²) in [5.74, 6) is 0.101. The largest absolute Gasteiger partial charge is 0.505 e. The topological polar surface area (TPSA) is 72.3 Å². The van der Waals surface area contributed by atoms with Crippen LogP contribution in [0.3, 0.4) is 0 Å². The minimum Gasteiger partial charge on any atom is -0.505 e. The first-order valence-corrected chi connectivity index (χ1v) is 4.91. The van der Waals surface area contributed by atoms with E-state index in [-0.39, 0.29) is 11.8 Å². The van der Waals surface area contributed by atoms with E-state index in [0.29, 0.717) is 12.1 Å². The Bertz CT molecular complexity index is 385. The Labute approximate surface area is 90.4 Å². The van der Waals surface area contributed by atoms with Gasteiger partial charge < -0.3 is 16.6 Å². The second-order valence-corrected chi connectivity index (χ2v) is 4.00. The van der Waals surface area contributed by atoms with Gasteiger partial charge in [0.05, 0.1) is 5.69 Å². The van der Waals surface area contributed by atoms with Gasteiger partial charge >= 0.3 is 0 Å². The van der Waals surface area contributed by atoms with E-state index in [9.17, 15) is 5.11 Å². The number of aromatic hydroxyl groups is 1. The lowest BCUT2D eigenvalue weighted by molar-refractivity contribution is 0.463. The van der Waals surface area contributed by atoms with Crippen molar-refractivity contribution >= 4 is 5.69 Å². The van der Waals surface area contributed by atoms with Gasteiger partial charge in [-0.05, 0) is 31.9 Å². The molecule has 0 fully saturated rings. The fraction of sp³-hybridized carbons (Fsp3) is 0.333. The molecule has 0 radical (unpaired) electrons. The third-order valence-corrected chi connectivity index (χ3v) is 2.41. The highest BCUT2D eigenvalue weighted by molar-refractivity contribution is 5.59. The first-order chi connectivity index (χ1) is 6.93. The van der Waals surface area contributed by atoms with E-state index in [1.165, 1.54) is 0 Å². The van der Waals surface area contributed by atoms with E-state index >= 15 is 0 Å². The zero-order valence-corrected chi connectivity index (χ0v) is 9.25. The van der Waals surface area contributed by atoms with Crippen molar-refractivity contribution < 1.29 is 5.11 Å². The minimum absolute atomic E-state index is 0.101. The Balaban J connectivity index is 3.12. The van der Waals surface area contributed by atoms with Gasteiger partial charge in [-0.2, -0.15) is 0 Å². The van der Waals surface area contributed by atoms with Crippen molar-refractivity contribution in [3.8, 4) is 5.75 Å². The average molecular weight is 206 g/mol. The van der Waals surface area contributed by atoms with Crippen LogP contribution in [0.1, 0.15) is 30.5 Å². The second kappa shape index (κ2) is 4.36. The second-order valence-electron chi connectivity index (χ2n) is 4.00. The standard InChI is InChI=1S/C12H18N2O/c1-7(2)6-10(14)11-8(3)4-5-9(13)12(11)15/h4-5,10,15H,1,6,13-14H2,2-3H3/t10-/m0/s1. The van der Waals surface area contributed by atoms with Gasteiger partial charge in [-0.25, -0.2) is 0 Å². The number of benzene rings is 1. The highest BCUT2D eigenvalue weighted by atomic mass is 16.3. The molecule has 0 aliphatic heterocycles. The molecule has 0 aliphatic carbocycles. The Hall–Kier alpha value is -1.48. The Morgan fingerprint density at radius 1 is 1.53 bits per heavy atom. The molecule has 0 aromatic heterocycles. The summed E-state index contributed by atoms with van der Waals surface area (Å²) < 4.78 is 0. The van der Waals surface area contributed by atoms with Crippen LogP contribution in [0.5, 0.6) is 5.75 Å². The van der Waals surface area contributed by atoms with E-state index in [1.54, 1.807) is 6.07 Å². The van der Waals surface area contributed by atoms with Crippen molar-refractivity contribution in [3.63, 3.8) is 0 Å². The molecular weight excluding hydrogens is 188 g/mol. The van der Waals surface area contributed by atoms with Crippen LogP contribution in [0, 0.1) is 6.92 Å². The quantitative estimate of drug-likeness (QED) is 0.403. The number of phenols is 1. The minimum atomic E-state index is -0.244. The molecule has 3 nitrogen and oxygen atoms in total. The summed E-state index contributed by atoms with van der Waals surface area (Å²) in [6.45, 7) is 7.63. The van der Waals surface area contributed by atoms with Gasteiger partial charge in [0.25, 0.3) is 0 Å². The molecule has 0 bridgehead atoms. The summed E-state index contributed by atoms with van der Waals surface area (Å²) in [4.78, 5) is 0. The molecule has 82 valence electrons. The number of rotatable bonds is 3. The summed E-state index contributed by atoms with van der Waals surface area (Å²) in [5, 5.41) is 9.83. The molecule has 0 saturated heterocycles. The molecule has 1 aromatic carbocycles. The molecule has 0 heterocycles. The predicted molar refractivity (Wildman–Crippen MR) is 63.6 cm³/mol. The summed E-state index contributed by atoms with van der Waals surface area (Å²) in [7, 11) is 0. The highest BCUT2D eigenvalue weighted by Crippen LogP contribution is 2.33. The number of anilines is 1. The van der Waals surface area contributed by atoms with Crippen molar-refractivity contribution in [2.24, 2.45) is 5.73 Å². The van der Waals surface area contributed by atoms with Crippen LogP contribution in [-0.4, -0.2) is 5.11 Å². The Morgan fingerprint density at radius 2 is 2.13 bits per heavy atom. The van der Waals surface area contributed by atoms with Crippen LogP contribution >= 0.6 is 0 Å². The molecule has 0 aliphatic rings. The molecule has 1 rings (SSSR count). The smallest absolute Gasteiger partial charge is 0.143 e. The van der Waals surface area contributed by atoms with Gasteiger partial charge in [0.15, 0.2) is 0 Å². The fourth-order valence-electron chi connectivity index (χ4n) is 1.67. The molecule has 1 atom stereocenters. The van der Waals surface area contributed by atoms with Crippen LogP contribution in [-0.2, 0) is 0 Å². The van der Waals surface area contributed by atoms with Crippen molar-refractivity contribution in [2.75, 3.05) is 5.73 Å². The summed E-state index contributed by atoms with van der Waals surface area (Å²) in [6.07, 6.45) is 0.651. The maximum Gasteiger partial charge on any atom is 0.143 e. The molecule has 0 amide bonds. The number of hydrogen-bond donors (Lipinski definition) is 3. The van der Waals surface area contributed by atoms with E-state index in [0.717, 1.165) is 16.7 Å².